The molecular weight excluding hydrogens is 234 g/mol. The molecule has 104 valence electrons. The first-order valence-corrected chi connectivity index (χ1v) is 6.64. The molecule has 2 aliphatic rings. The molecular formula is C13H23NO4. The SMILES string of the molecule is CC(C)(C)OC(=O)N1CCC2(CC[C@H](O)O2)CC1. The van der Waals surface area contributed by atoms with E-state index >= 15 is 0 Å². The molecule has 2 heterocycles. The Hall–Kier alpha value is -0.810. The van der Waals surface area contributed by atoms with Crippen LogP contribution in [0.25, 0.3) is 0 Å². The van der Waals surface area contributed by atoms with Crippen molar-refractivity contribution in [2.24, 2.45) is 0 Å². The number of likely N-dealkylation sites (tertiary alicyclic amines) is 1. The molecule has 1 atom stereocenters. The summed E-state index contributed by atoms with van der Waals surface area (Å²) in [6, 6.07) is 0. The Balaban J connectivity index is 1.85. The number of piperidine rings is 1. The third-order valence-electron chi connectivity index (χ3n) is 3.56. The van der Waals surface area contributed by atoms with Gasteiger partial charge in [0.1, 0.15) is 5.60 Å². The van der Waals surface area contributed by atoms with E-state index < -0.39 is 11.9 Å². The van der Waals surface area contributed by atoms with Gasteiger partial charge in [0.05, 0.1) is 5.60 Å². The lowest BCUT2D eigenvalue weighted by molar-refractivity contribution is -0.152. The predicted octanol–water partition coefficient (Wildman–Crippen LogP) is 1.88. The number of hydrogen-bond donors (Lipinski definition) is 1. The normalized spacial score (nSPS) is 27.6. The van der Waals surface area contributed by atoms with Crippen LogP contribution in [0.1, 0.15) is 46.5 Å². The van der Waals surface area contributed by atoms with Gasteiger partial charge in [-0.1, -0.05) is 0 Å². The highest BCUT2D eigenvalue weighted by Crippen LogP contribution is 2.38. The molecule has 1 amide bonds. The summed E-state index contributed by atoms with van der Waals surface area (Å²) in [4.78, 5) is 13.6. The van der Waals surface area contributed by atoms with Gasteiger partial charge in [-0.05, 0) is 40.0 Å². The summed E-state index contributed by atoms with van der Waals surface area (Å²) in [5.74, 6) is 0. The van der Waals surface area contributed by atoms with Gasteiger partial charge in [-0.15, -0.1) is 0 Å². The molecule has 2 aliphatic heterocycles. The maximum absolute atomic E-state index is 11.9. The minimum Gasteiger partial charge on any atom is -0.444 e. The summed E-state index contributed by atoms with van der Waals surface area (Å²) in [5.41, 5.74) is -0.663. The highest BCUT2D eigenvalue weighted by molar-refractivity contribution is 5.68. The van der Waals surface area contributed by atoms with Gasteiger partial charge in [0.25, 0.3) is 0 Å². The van der Waals surface area contributed by atoms with Crippen LogP contribution >= 0.6 is 0 Å². The Kier molecular flexibility index (Phi) is 3.56. The second-order valence-corrected chi connectivity index (χ2v) is 6.26. The first-order chi connectivity index (χ1) is 8.30. The van der Waals surface area contributed by atoms with Crippen molar-refractivity contribution in [2.75, 3.05) is 13.1 Å². The van der Waals surface area contributed by atoms with Crippen molar-refractivity contribution >= 4 is 6.09 Å². The number of ether oxygens (including phenoxy) is 2. The van der Waals surface area contributed by atoms with Crippen LogP contribution in [0.4, 0.5) is 4.79 Å². The van der Waals surface area contributed by atoms with Gasteiger partial charge < -0.3 is 19.5 Å². The van der Waals surface area contributed by atoms with Crippen molar-refractivity contribution < 1.29 is 19.4 Å². The molecule has 5 heteroatoms. The molecule has 0 aromatic heterocycles. The second kappa shape index (κ2) is 4.70. The maximum Gasteiger partial charge on any atom is 0.410 e. The van der Waals surface area contributed by atoms with E-state index in [1.807, 2.05) is 20.8 Å². The average molecular weight is 257 g/mol. The number of rotatable bonds is 0. The minimum absolute atomic E-state index is 0.210. The lowest BCUT2D eigenvalue weighted by atomic mass is 9.89. The molecule has 0 bridgehead atoms. The fourth-order valence-corrected chi connectivity index (χ4v) is 2.58. The Bertz CT molecular complexity index is 315. The molecule has 0 aromatic rings. The first-order valence-electron chi connectivity index (χ1n) is 6.64. The smallest absolute Gasteiger partial charge is 0.410 e. The lowest BCUT2D eigenvalue weighted by Gasteiger charge is -2.39. The molecule has 0 unspecified atom stereocenters. The van der Waals surface area contributed by atoms with E-state index in [1.54, 1.807) is 4.90 Å². The molecule has 2 rings (SSSR count). The highest BCUT2D eigenvalue weighted by atomic mass is 16.6. The quantitative estimate of drug-likeness (QED) is 0.720. The molecule has 1 spiro atoms. The molecule has 5 nitrogen and oxygen atoms in total. The predicted molar refractivity (Wildman–Crippen MR) is 66.1 cm³/mol. The topological polar surface area (TPSA) is 59.0 Å². The van der Waals surface area contributed by atoms with Gasteiger partial charge in [-0.25, -0.2) is 4.79 Å². The summed E-state index contributed by atoms with van der Waals surface area (Å²) in [6.45, 7) is 6.88. The van der Waals surface area contributed by atoms with Crippen LogP contribution in [-0.4, -0.2) is 46.7 Å². The summed E-state index contributed by atoms with van der Waals surface area (Å²) in [7, 11) is 0. The molecule has 0 aliphatic carbocycles. The van der Waals surface area contributed by atoms with E-state index in [1.165, 1.54) is 0 Å². The third kappa shape index (κ3) is 3.14. The third-order valence-corrected chi connectivity index (χ3v) is 3.56. The summed E-state index contributed by atoms with van der Waals surface area (Å²) in [6.07, 6.45) is 2.27. The Morgan fingerprint density at radius 2 is 1.94 bits per heavy atom. The second-order valence-electron chi connectivity index (χ2n) is 6.26. The summed E-state index contributed by atoms with van der Waals surface area (Å²) >= 11 is 0. The minimum atomic E-state index is -0.627. The molecule has 0 radical (unpaired) electrons. The van der Waals surface area contributed by atoms with Gasteiger partial charge in [0.15, 0.2) is 6.29 Å². The van der Waals surface area contributed by atoms with Crippen molar-refractivity contribution in [3.05, 3.63) is 0 Å². The monoisotopic (exact) mass is 257 g/mol. The maximum atomic E-state index is 11.9. The fraction of sp³-hybridized carbons (Fsp3) is 0.923. The Morgan fingerprint density at radius 3 is 2.39 bits per heavy atom. The zero-order valence-corrected chi connectivity index (χ0v) is 11.4. The van der Waals surface area contributed by atoms with E-state index in [0.29, 0.717) is 19.5 Å². The Labute approximate surface area is 108 Å². The van der Waals surface area contributed by atoms with Gasteiger partial charge in [-0.3, -0.25) is 0 Å². The van der Waals surface area contributed by atoms with Crippen LogP contribution in [0.2, 0.25) is 0 Å². The number of amides is 1. The van der Waals surface area contributed by atoms with E-state index in [4.69, 9.17) is 9.47 Å². The largest absolute Gasteiger partial charge is 0.444 e. The van der Waals surface area contributed by atoms with Crippen molar-refractivity contribution in [1.29, 1.82) is 0 Å². The number of carbonyl (C=O) groups excluding carboxylic acids is 1. The van der Waals surface area contributed by atoms with E-state index in [2.05, 4.69) is 0 Å². The van der Waals surface area contributed by atoms with Gasteiger partial charge >= 0.3 is 6.09 Å². The van der Waals surface area contributed by atoms with E-state index in [9.17, 15) is 9.90 Å². The number of aliphatic hydroxyl groups excluding tert-OH is 1. The summed E-state index contributed by atoms with van der Waals surface area (Å²) in [5, 5.41) is 9.45. The van der Waals surface area contributed by atoms with E-state index in [0.717, 1.165) is 19.3 Å². The van der Waals surface area contributed by atoms with Crippen LogP contribution in [0, 0.1) is 0 Å². The number of carbonyl (C=O) groups is 1. The van der Waals surface area contributed by atoms with Crippen LogP contribution < -0.4 is 0 Å². The van der Waals surface area contributed by atoms with Crippen molar-refractivity contribution in [3.63, 3.8) is 0 Å². The van der Waals surface area contributed by atoms with Crippen molar-refractivity contribution in [2.45, 2.75) is 63.9 Å². The van der Waals surface area contributed by atoms with Crippen LogP contribution in [-0.2, 0) is 9.47 Å². The fourth-order valence-electron chi connectivity index (χ4n) is 2.58. The van der Waals surface area contributed by atoms with Crippen LogP contribution in [0.15, 0.2) is 0 Å². The first kappa shape index (κ1) is 13.6. The summed E-state index contributed by atoms with van der Waals surface area (Å²) < 4.78 is 10.9. The standard InChI is InChI=1S/C13H23NO4/c1-12(2,3)18-11(16)14-8-6-13(7-9-14)5-4-10(15)17-13/h10,15H,4-9H2,1-3H3/t10-/m1/s1. The average Bonchev–Trinajstić information content (AvgIpc) is 2.58. The van der Waals surface area contributed by atoms with E-state index in [-0.39, 0.29) is 11.7 Å². The zero-order chi connectivity index (χ0) is 13.4. The molecule has 18 heavy (non-hydrogen) atoms. The highest BCUT2D eigenvalue weighted by Gasteiger charge is 2.43. The van der Waals surface area contributed by atoms with Crippen LogP contribution in [0.5, 0.6) is 0 Å². The van der Waals surface area contributed by atoms with Crippen molar-refractivity contribution in [1.82, 2.24) is 4.90 Å². The molecule has 2 saturated heterocycles. The van der Waals surface area contributed by atoms with Crippen molar-refractivity contribution in [3.8, 4) is 0 Å². The Morgan fingerprint density at radius 1 is 1.33 bits per heavy atom. The molecule has 0 aromatic carbocycles. The lowest BCUT2D eigenvalue weighted by Crippen LogP contribution is -2.48. The van der Waals surface area contributed by atoms with Crippen LogP contribution in [0.3, 0.4) is 0 Å². The number of nitrogens with zero attached hydrogens (tertiary/aromatic N) is 1. The number of hydrogen-bond acceptors (Lipinski definition) is 4. The van der Waals surface area contributed by atoms with Gasteiger partial charge in [-0.2, -0.15) is 0 Å². The molecule has 0 saturated carbocycles. The van der Waals surface area contributed by atoms with Gasteiger partial charge in [0.2, 0.25) is 0 Å². The number of aliphatic hydroxyl groups is 1. The zero-order valence-electron chi connectivity index (χ0n) is 11.4. The molecule has 1 N–H and O–H groups in total. The van der Waals surface area contributed by atoms with Gasteiger partial charge in [0, 0.05) is 19.5 Å². The molecule has 2 fully saturated rings.